The molecule has 63 heavy (non-hydrogen) atoms. The van der Waals surface area contributed by atoms with Crippen LogP contribution in [-0.4, -0.2) is 75.0 Å². The van der Waals surface area contributed by atoms with Crippen LogP contribution >= 0.6 is 0 Å². The maximum absolute atomic E-state index is 12.6. The van der Waals surface area contributed by atoms with Crippen molar-refractivity contribution in [1.82, 2.24) is 0 Å². The van der Waals surface area contributed by atoms with Crippen molar-refractivity contribution in [2.45, 2.75) is 83.7 Å². The Morgan fingerprint density at radius 1 is 0.444 bits per heavy atom. The number of hydrogen-bond donors (Lipinski definition) is 0. The summed E-state index contributed by atoms with van der Waals surface area (Å²) in [6, 6.07) is 34.5. The monoisotopic (exact) mass is 862 g/mol. The number of benzene rings is 4. The summed E-state index contributed by atoms with van der Waals surface area (Å²) < 4.78 is 33.0. The number of esters is 6. The van der Waals surface area contributed by atoms with Crippen LogP contribution in [0, 0.1) is 17.3 Å². The average Bonchev–Trinajstić information content (AvgIpc) is 3.36. The Labute approximate surface area is 369 Å². The summed E-state index contributed by atoms with van der Waals surface area (Å²) in [5, 5.41) is 0. The van der Waals surface area contributed by atoms with E-state index in [1.807, 2.05) is 19.1 Å². The van der Waals surface area contributed by atoms with Gasteiger partial charge < -0.3 is 28.4 Å². The minimum atomic E-state index is -0.861. The lowest BCUT2D eigenvalue weighted by molar-refractivity contribution is -0.160. The molecule has 2 aliphatic rings. The average molecular weight is 863 g/mol. The SMILES string of the molecule is CCC(COC(=O)c1ccccc1)(COC(=O)c1ccccc1)COC(=O)C1CCCCC1.O=C(OCC(COC(=O)c1ccccc1)OC(=O)C1CCCCC1)c1ccccc1. The third-order valence-corrected chi connectivity index (χ3v) is 11.3. The van der Waals surface area contributed by atoms with Crippen LogP contribution in [0.15, 0.2) is 121 Å². The highest BCUT2D eigenvalue weighted by atomic mass is 16.6. The van der Waals surface area contributed by atoms with Crippen molar-refractivity contribution in [3.63, 3.8) is 0 Å². The zero-order valence-corrected chi connectivity index (χ0v) is 36.0. The standard InChI is InChI=1S/C27H32O6.C24H26O6/c1-2-27(18-31-24(28)21-12-6-3-7-13-21,19-32-25(29)22-14-8-4-9-15-22)20-33-26(30)23-16-10-5-11-17-23;25-22(18-10-4-1-5-11-18)28-16-21(30-24(27)20-14-8-3-9-15-20)17-29-23(26)19-12-6-2-7-13-19/h3-4,6-9,12-15,23H,2,5,10-11,16-20H2,1H3;1-2,4-7,10-13,20-21H,3,8-9,14-17H2. The first kappa shape index (κ1) is 47.7. The minimum Gasteiger partial charge on any atom is -0.465 e. The fourth-order valence-electron chi connectivity index (χ4n) is 7.23. The summed E-state index contributed by atoms with van der Waals surface area (Å²) in [5.41, 5.74) is 0.831. The van der Waals surface area contributed by atoms with Crippen LogP contribution in [-0.2, 0) is 38.0 Å². The van der Waals surface area contributed by atoms with Gasteiger partial charge in [0.2, 0.25) is 0 Å². The maximum atomic E-state index is 12.6. The lowest BCUT2D eigenvalue weighted by Gasteiger charge is -2.32. The van der Waals surface area contributed by atoms with Crippen LogP contribution in [0.5, 0.6) is 0 Å². The fourth-order valence-corrected chi connectivity index (χ4v) is 7.23. The van der Waals surface area contributed by atoms with Crippen LogP contribution in [0.4, 0.5) is 0 Å². The van der Waals surface area contributed by atoms with Gasteiger partial charge in [-0.2, -0.15) is 0 Å². The minimum absolute atomic E-state index is 0.0168. The second-order valence-corrected chi connectivity index (χ2v) is 16.0. The quantitative estimate of drug-likeness (QED) is 0.0691. The molecule has 6 rings (SSSR count). The normalized spacial score (nSPS) is 14.3. The lowest BCUT2D eigenvalue weighted by Crippen LogP contribution is -2.40. The molecule has 2 fully saturated rings. The Bertz CT molecular complexity index is 1910. The second-order valence-electron chi connectivity index (χ2n) is 16.0. The number of hydrogen-bond acceptors (Lipinski definition) is 12. The molecule has 0 aliphatic heterocycles. The van der Waals surface area contributed by atoms with Crippen molar-refractivity contribution >= 4 is 35.8 Å². The van der Waals surface area contributed by atoms with E-state index in [0.29, 0.717) is 28.7 Å². The topological polar surface area (TPSA) is 158 Å². The molecule has 0 amide bonds. The molecule has 0 spiro atoms. The molecule has 4 aromatic rings. The van der Waals surface area contributed by atoms with E-state index in [1.165, 1.54) is 0 Å². The van der Waals surface area contributed by atoms with E-state index >= 15 is 0 Å². The number of rotatable bonds is 18. The summed E-state index contributed by atoms with van der Waals surface area (Å²) in [5.74, 6) is -2.79. The summed E-state index contributed by atoms with van der Waals surface area (Å²) in [4.78, 5) is 74.7. The molecule has 0 radical (unpaired) electrons. The predicted octanol–water partition coefficient (Wildman–Crippen LogP) is 9.41. The molecule has 4 aromatic carbocycles. The van der Waals surface area contributed by atoms with Crippen LogP contribution < -0.4 is 0 Å². The van der Waals surface area contributed by atoms with Gasteiger partial charge in [-0.25, -0.2) is 19.2 Å². The summed E-state index contributed by atoms with van der Waals surface area (Å²) in [6.07, 6.45) is 9.21. The maximum Gasteiger partial charge on any atom is 0.338 e. The van der Waals surface area contributed by atoms with Crippen LogP contribution in [0.3, 0.4) is 0 Å². The third-order valence-electron chi connectivity index (χ3n) is 11.3. The molecule has 334 valence electrons. The van der Waals surface area contributed by atoms with Gasteiger partial charge in [-0.1, -0.05) is 118 Å². The van der Waals surface area contributed by atoms with E-state index in [2.05, 4.69) is 0 Å². The van der Waals surface area contributed by atoms with Crippen molar-refractivity contribution in [2.75, 3.05) is 33.0 Å². The third kappa shape index (κ3) is 15.8. The molecule has 12 heteroatoms. The van der Waals surface area contributed by atoms with Gasteiger partial charge in [0.1, 0.15) is 33.0 Å². The molecule has 0 aromatic heterocycles. The summed E-state index contributed by atoms with van der Waals surface area (Å²) >= 11 is 0. The smallest absolute Gasteiger partial charge is 0.338 e. The Morgan fingerprint density at radius 2 is 0.762 bits per heavy atom. The molecule has 0 bridgehead atoms. The molecular formula is C51H58O12. The zero-order chi connectivity index (χ0) is 44.7. The molecule has 0 atom stereocenters. The van der Waals surface area contributed by atoms with Gasteiger partial charge in [0.05, 0.1) is 39.5 Å². The van der Waals surface area contributed by atoms with E-state index in [1.54, 1.807) is 109 Å². The van der Waals surface area contributed by atoms with Crippen molar-refractivity contribution in [2.24, 2.45) is 17.3 Å². The Hall–Kier alpha value is -6.30. The first-order chi connectivity index (χ1) is 30.7. The molecule has 0 N–H and O–H groups in total. The molecule has 0 saturated heterocycles. The highest BCUT2D eigenvalue weighted by molar-refractivity contribution is 5.91. The molecule has 2 aliphatic carbocycles. The Morgan fingerprint density at radius 3 is 1.11 bits per heavy atom. The van der Waals surface area contributed by atoms with Crippen LogP contribution in [0.25, 0.3) is 0 Å². The molecule has 2 saturated carbocycles. The van der Waals surface area contributed by atoms with E-state index in [-0.39, 0.29) is 56.8 Å². The lowest BCUT2D eigenvalue weighted by atomic mass is 9.87. The van der Waals surface area contributed by atoms with Gasteiger partial charge in [0.25, 0.3) is 0 Å². The van der Waals surface area contributed by atoms with E-state index < -0.39 is 35.4 Å². The highest BCUT2D eigenvalue weighted by Gasteiger charge is 2.36. The summed E-state index contributed by atoms with van der Waals surface area (Å²) in [7, 11) is 0. The Balaban J connectivity index is 0.000000239. The largest absolute Gasteiger partial charge is 0.465 e. The zero-order valence-electron chi connectivity index (χ0n) is 36.0. The van der Waals surface area contributed by atoms with Gasteiger partial charge in [-0.15, -0.1) is 0 Å². The highest BCUT2D eigenvalue weighted by Crippen LogP contribution is 2.29. The Kier molecular flexibility index (Phi) is 19.4. The van der Waals surface area contributed by atoms with Crippen molar-refractivity contribution in [3.8, 4) is 0 Å². The van der Waals surface area contributed by atoms with Gasteiger partial charge in [-0.05, 0) is 80.6 Å². The number of carbonyl (C=O) groups is 6. The molecule has 0 heterocycles. The molecule has 12 nitrogen and oxygen atoms in total. The van der Waals surface area contributed by atoms with Crippen molar-refractivity contribution in [3.05, 3.63) is 144 Å². The molecule has 0 unspecified atom stereocenters. The first-order valence-electron chi connectivity index (χ1n) is 21.9. The fraction of sp³-hybridized carbons (Fsp3) is 0.412. The van der Waals surface area contributed by atoms with Crippen LogP contribution in [0.1, 0.15) is 119 Å². The molecular weight excluding hydrogens is 805 g/mol. The van der Waals surface area contributed by atoms with Crippen molar-refractivity contribution < 1.29 is 57.2 Å². The second kappa shape index (κ2) is 25.6. The summed E-state index contributed by atoms with van der Waals surface area (Å²) in [6.45, 7) is 1.49. The van der Waals surface area contributed by atoms with Crippen LogP contribution in [0.2, 0.25) is 0 Å². The van der Waals surface area contributed by atoms with Crippen molar-refractivity contribution in [1.29, 1.82) is 0 Å². The van der Waals surface area contributed by atoms with Gasteiger partial charge in [-0.3, -0.25) is 9.59 Å². The number of carbonyl (C=O) groups excluding carboxylic acids is 6. The van der Waals surface area contributed by atoms with E-state index in [9.17, 15) is 28.8 Å². The first-order valence-corrected chi connectivity index (χ1v) is 21.9. The van der Waals surface area contributed by atoms with Gasteiger partial charge >= 0.3 is 35.8 Å². The van der Waals surface area contributed by atoms with Gasteiger partial charge in [0.15, 0.2) is 6.10 Å². The van der Waals surface area contributed by atoms with E-state index in [4.69, 9.17) is 28.4 Å². The van der Waals surface area contributed by atoms with Gasteiger partial charge in [0, 0.05) is 0 Å². The predicted molar refractivity (Wildman–Crippen MR) is 234 cm³/mol. The number of ether oxygens (including phenoxy) is 6. The van der Waals surface area contributed by atoms with E-state index in [0.717, 1.165) is 64.2 Å².